The number of fused-ring (bicyclic) bond motifs is 1. The predicted octanol–water partition coefficient (Wildman–Crippen LogP) is 3.68. The van der Waals surface area contributed by atoms with E-state index in [0.717, 1.165) is 11.1 Å². The topological polar surface area (TPSA) is 44.1 Å². The smallest absolute Gasteiger partial charge is 0.264 e. The summed E-state index contributed by atoms with van der Waals surface area (Å²) < 4.78 is 7.42. The number of aromatic nitrogens is 2. The van der Waals surface area contributed by atoms with Crippen molar-refractivity contribution in [2.45, 2.75) is 6.42 Å². The van der Waals surface area contributed by atoms with Crippen LogP contribution in [0, 0.1) is 0 Å². The number of ether oxygens (including phenoxy) is 1. The molecule has 0 saturated heterocycles. The fourth-order valence-electron chi connectivity index (χ4n) is 2.69. The molecule has 1 aromatic carbocycles. The lowest BCUT2D eigenvalue weighted by Crippen LogP contribution is -2.24. The molecule has 4 nitrogen and oxygen atoms in total. The van der Waals surface area contributed by atoms with Gasteiger partial charge in [0, 0.05) is 6.20 Å². The quantitative estimate of drug-likeness (QED) is 0.651. The van der Waals surface area contributed by atoms with Gasteiger partial charge in [-0.15, -0.1) is 6.58 Å². The first-order valence-electron chi connectivity index (χ1n) is 7.70. The van der Waals surface area contributed by atoms with Gasteiger partial charge in [0.05, 0.1) is 16.6 Å². The van der Waals surface area contributed by atoms with Crippen molar-refractivity contribution >= 4 is 11.0 Å². The molecule has 0 N–H and O–H groups in total. The number of nitrogens with zero attached hydrogens (tertiary/aromatic N) is 2. The van der Waals surface area contributed by atoms with Crippen molar-refractivity contribution < 1.29 is 4.74 Å². The standard InChI is InChI=1S/C20H18N2O2/c1-3-9-17-18(24-14-4-2)16-12-8-13-21-19(16)22(20(17)23)15-10-6-5-7-11-15/h3-8,10-13H,1-2,9,14H2. The van der Waals surface area contributed by atoms with Gasteiger partial charge in [0.1, 0.15) is 12.4 Å². The molecule has 0 aliphatic heterocycles. The van der Waals surface area contributed by atoms with Crippen LogP contribution < -0.4 is 10.3 Å². The van der Waals surface area contributed by atoms with Gasteiger partial charge in [0.25, 0.3) is 5.56 Å². The Hall–Kier alpha value is -3.14. The van der Waals surface area contributed by atoms with Gasteiger partial charge in [0.2, 0.25) is 0 Å². The molecule has 0 aliphatic carbocycles. The van der Waals surface area contributed by atoms with Crippen molar-refractivity contribution in [3.8, 4) is 11.4 Å². The minimum absolute atomic E-state index is 0.147. The van der Waals surface area contributed by atoms with Crippen molar-refractivity contribution in [2.75, 3.05) is 6.61 Å². The van der Waals surface area contributed by atoms with Crippen molar-refractivity contribution in [1.82, 2.24) is 9.55 Å². The molecule has 0 unspecified atom stereocenters. The van der Waals surface area contributed by atoms with Gasteiger partial charge in [0.15, 0.2) is 5.65 Å². The number of pyridine rings is 2. The maximum absolute atomic E-state index is 13.1. The van der Waals surface area contributed by atoms with Crippen LogP contribution >= 0.6 is 0 Å². The minimum atomic E-state index is -0.147. The Morgan fingerprint density at radius 1 is 1.08 bits per heavy atom. The Morgan fingerprint density at radius 3 is 2.58 bits per heavy atom. The van der Waals surface area contributed by atoms with E-state index in [1.54, 1.807) is 22.9 Å². The fourth-order valence-corrected chi connectivity index (χ4v) is 2.69. The molecule has 3 aromatic rings. The largest absolute Gasteiger partial charge is 0.488 e. The van der Waals surface area contributed by atoms with E-state index in [1.165, 1.54) is 0 Å². The summed E-state index contributed by atoms with van der Waals surface area (Å²) in [7, 11) is 0. The van der Waals surface area contributed by atoms with Crippen molar-refractivity contribution in [2.24, 2.45) is 0 Å². The first-order chi connectivity index (χ1) is 11.8. The number of rotatable bonds is 6. The van der Waals surface area contributed by atoms with E-state index in [4.69, 9.17) is 4.74 Å². The zero-order valence-corrected chi connectivity index (χ0v) is 13.3. The fraction of sp³-hybridized carbons (Fsp3) is 0.100. The van der Waals surface area contributed by atoms with Gasteiger partial charge in [-0.3, -0.25) is 9.36 Å². The molecule has 0 saturated carbocycles. The number of hydrogen-bond donors (Lipinski definition) is 0. The van der Waals surface area contributed by atoms with Crippen LogP contribution in [-0.4, -0.2) is 16.2 Å². The Balaban J connectivity index is 2.41. The molecule has 24 heavy (non-hydrogen) atoms. The van der Waals surface area contributed by atoms with E-state index in [-0.39, 0.29) is 5.56 Å². The van der Waals surface area contributed by atoms with Crippen molar-refractivity contribution in [1.29, 1.82) is 0 Å². The molecule has 0 bridgehead atoms. The molecular formula is C20H18N2O2. The molecule has 2 aromatic heterocycles. The van der Waals surface area contributed by atoms with Gasteiger partial charge in [-0.2, -0.15) is 0 Å². The molecule has 2 heterocycles. The van der Waals surface area contributed by atoms with E-state index in [0.29, 0.717) is 30.0 Å². The Morgan fingerprint density at radius 2 is 1.88 bits per heavy atom. The Kier molecular flexibility index (Phi) is 4.57. The van der Waals surface area contributed by atoms with Crippen molar-refractivity contribution in [3.63, 3.8) is 0 Å². The van der Waals surface area contributed by atoms with Gasteiger partial charge in [-0.25, -0.2) is 4.98 Å². The lowest BCUT2D eigenvalue weighted by Gasteiger charge is -2.16. The second-order valence-corrected chi connectivity index (χ2v) is 5.25. The normalized spacial score (nSPS) is 10.5. The SMILES string of the molecule is C=CCOc1c(CC=C)c(=O)n(-c2ccccc2)c2ncccc12. The zero-order chi connectivity index (χ0) is 16.9. The molecule has 120 valence electrons. The lowest BCUT2D eigenvalue weighted by molar-refractivity contribution is 0.363. The van der Waals surface area contributed by atoms with Crippen LogP contribution in [0.2, 0.25) is 0 Å². The van der Waals surface area contributed by atoms with Gasteiger partial charge >= 0.3 is 0 Å². The van der Waals surface area contributed by atoms with E-state index >= 15 is 0 Å². The number of allylic oxidation sites excluding steroid dienone is 1. The second-order valence-electron chi connectivity index (χ2n) is 5.25. The minimum Gasteiger partial charge on any atom is -0.488 e. The summed E-state index contributed by atoms with van der Waals surface area (Å²) in [6, 6.07) is 13.2. The molecule has 0 aliphatic rings. The van der Waals surface area contributed by atoms with E-state index in [2.05, 4.69) is 18.1 Å². The highest BCUT2D eigenvalue weighted by Gasteiger charge is 2.18. The number of para-hydroxylation sites is 1. The average molecular weight is 318 g/mol. The molecule has 0 fully saturated rings. The zero-order valence-electron chi connectivity index (χ0n) is 13.3. The van der Waals surface area contributed by atoms with Gasteiger partial charge in [-0.1, -0.05) is 36.9 Å². The van der Waals surface area contributed by atoms with Crippen LogP contribution in [0.25, 0.3) is 16.7 Å². The van der Waals surface area contributed by atoms with E-state index in [9.17, 15) is 4.79 Å². The molecular weight excluding hydrogens is 300 g/mol. The highest BCUT2D eigenvalue weighted by atomic mass is 16.5. The third kappa shape index (κ3) is 2.74. The summed E-state index contributed by atoms with van der Waals surface area (Å²) in [6.07, 6.45) is 5.45. The van der Waals surface area contributed by atoms with Gasteiger partial charge < -0.3 is 4.74 Å². The van der Waals surface area contributed by atoms with Crippen LogP contribution in [0.5, 0.6) is 5.75 Å². The number of hydrogen-bond acceptors (Lipinski definition) is 3. The maximum Gasteiger partial charge on any atom is 0.264 e. The van der Waals surface area contributed by atoms with Crippen molar-refractivity contribution in [3.05, 3.63) is 89.9 Å². The average Bonchev–Trinajstić information content (AvgIpc) is 2.62. The van der Waals surface area contributed by atoms with Crippen LogP contribution in [0.1, 0.15) is 5.56 Å². The summed E-state index contributed by atoms with van der Waals surface area (Å²) in [5.74, 6) is 0.551. The van der Waals surface area contributed by atoms with E-state index < -0.39 is 0 Å². The first kappa shape index (κ1) is 15.7. The highest BCUT2D eigenvalue weighted by Crippen LogP contribution is 2.28. The Labute approximate surface area is 140 Å². The molecule has 0 spiro atoms. The highest BCUT2D eigenvalue weighted by molar-refractivity contribution is 5.85. The summed E-state index contributed by atoms with van der Waals surface area (Å²) in [4.78, 5) is 17.5. The second kappa shape index (κ2) is 6.96. The van der Waals surface area contributed by atoms with Crippen LogP contribution in [0.15, 0.2) is 78.8 Å². The summed E-state index contributed by atoms with van der Waals surface area (Å²) in [5, 5.41) is 0.791. The van der Waals surface area contributed by atoms with Gasteiger partial charge in [-0.05, 0) is 30.7 Å². The molecule has 3 rings (SSSR count). The molecule has 0 atom stereocenters. The lowest BCUT2D eigenvalue weighted by atomic mass is 10.1. The predicted molar refractivity (Wildman–Crippen MR) is 96.9 cm³/mol. The third-order valence-corrected chi connectivity index (χ3v) is 3.69. The molecule has 0 amide bonds. The number of benzene rings is 1. The van der Waals surface area contributed by atoms with Crippen LogP contribution in [0.3, 0.4) is 0 Å². The monoisotopic (exact) mass is 318 g/mol. The third-order valence-electron chi connectivity index (χ3n) is 3.69. The Bertz CT molecular complexity index is 943. The summed E-state index contributed by atoms with van der Waals surface area (Å²) >= 11 is 0. The van der Waals surface area contributed by atoms with E-state index in [1.807, 2.05) is 42.5 Å². The first-order valence-corrected chi connectivity index (χ1v) is 7.70. The molecule has 0 radical (unpaired) electrons. The van der Waals surface area contributed by atoms with Crippen LogP contribution in [0.4, 0.5) is 0 Å². The maximum atomic E-state index is 13.1. The molecule has 4 heteroatoms. The summed E-state index contributed by atoms with van der Waals surface area (Å²) in [6.45, 7) is 7.76. The summed E-state index contributed by atoms with van der Waals surface area (Å²) in [5.41, 5.74) is 1.76. The van der Waals surface area contributed by atoms with Crippen LogP contribution in [-0.2, 0) is 6.42 Å².